The lowest BCUT2D eigenvalue weighted by Gasteiger charge is -2.55. The predicted octanol–water partition coefficient (Wildman–Crippen LogP) is 2.61. The van der Waals surface area contributed by atoms with Gasteiger partial charge < -0.3 is 10.1 Å². The Kier molecular flexibility index (Phi) is 3.07. The molecule has 4 rings (SSSR count). The van der Waals surface area contributed by atoms with Gasteiger partial charge in [0, 0.05) is 24.3 Å². The molecule has 2 aliphatic carbocycles. The van der Waals surface area contributed by atoms with Crippen LogP contribution in [0.3, 0.4) is 0 Å². The molecule has 3 heteroatoms. The van der Waals surface area contributed by atoms with Gasteiger partial charge in [-0.25, -0.2) is 0 Å². The fraction of sp³-hybridized carbons (Fsp3) is 0.611. The maximum atomic E-state index is 12.2. The number of nitrogens with one attached hydrogen (secondary N) is 1. The van der Waals surface area contributed by atoms with E-state index in [0.717, 1.165) is 44.4 Å². The van der Waals surface area contributed by atoms with Gasteiger partial charge in [0.2, 0.25) is 0 Å². The van der Waals surface area contributed by atoms with Crippen molar-refractivity contribution in [1.29, 1.82) is 0 Å². The number of fused-ring (bicyclic) bond motifs is 1. The van der Waals surface area contributed by atoms with Gasteiger partial charge in [-0.15, -0.1) is 0 Å². The molecule has 2 fully saturated rings. The van der Waals surface area contributed by atoms with Crippen molar-refractivity contribution in [3.05, 3.63) is 29.3 Å². The number of carbonyl (C=O) groups is 1. The molecule has 21 heavy (non-hydrogen) atoms. The van der Waals surface area contributed by atoms with Crippen LogP contribution < -0.4 is 10.1 Å². The summed E-state index contributed by atoms with van der Waals surface area (Å²) in [6.45, 7) is 3.77. The molecule has 1 N–H and O–H groups in total. The Balaban J connectivity index is 1.88. The van der Waals surface area contributed by atoms with Crippen molar-refractivity contribution >= 4 is 5.78 Å². The van der Waals surface area contributed by atoms with E-state index in [1.165, 1.54) is 11.1 Å². The number of piperidine rings is 1. The van der Waals surface area contributed by atoms with E-state index >= 15 is 0 Å². The molecule has 1 aromatic rings. The molecule has 0 amide bonds. The van der Waals surface area contributed by atoms with E-state index in [2.05, 4.69) is 23.5 Å². The monoisotopic (exact) mass is 285 g/mol. The van der Waals surface area contributed by atoms with Crippen LogP contribution in [0.1, 0.15) is 43.7 Å². The summed E-state index contributed by atoms with van der Waals surface area (Å²) in [4.78, 5) is 12.2. The van der Waals surface area contributed by atoms with E-state index in [0.29, 0.717) is 24.3 Å². The summed E-state index contributed by atoms with van der Waals surface area (Å²) in [6, 6.07) is 6.96. The predicted molar refractivity (Wildman–Crippen MR) is 81.7 cm³/mol. The highest BCUT2D eigenvalue weighted by molar-refractivity contribution is 5.81. The molecular weight excluding hydrogens is 262 g/mol. The fourth-order valence-electron chi connectivity index (χ4n) is 5.04. The van der Waals surface area contributed by atoms with E-state index in [1.807, 2.05) is 6.92 Å². The van der Waals surface area contributed by atoms with Crippen LogP contribution >= 0.6 is 0 Å². The lowest BCUT2D eigenvalue weighted by atomic mass is 9.52. The SMILES string of the molecule is CCOc1cccc2c1C[C@H]1NCC[C@@]23CC(=O)CC[C@@H]13. The standard InChI is InChI=1S/C18H23NO2/c1-2-21-17-5-3-4-14-13(17)10-16-15-7-6-12(20)11-18(14,15)8-9-19-16/h3-5,15-16,19H,2,6-11H2,1H3/t15-,16+,18+/m0/s1. The Labute approximate surface area is 126 Å². The Morgan fingerprint density at radius 1 is 1.43 bits per heavy atom. The average Bonchev–Trinajstić information content (AvgIpc) is 2.48. The second kappa shape index (κ2) is 4.84. The highest BCUT2D eigenvalue weighted by Gasteiger charge is 2.53. The smallest absolute Gasteiger partial charge is 0.133 e. The third-order valence-electron chi connectivity index (χ3n) is 5.81. The van der Waals surface area contributed by atoms with E-state index < -0.39 is 0 Å². The van der Waals surface area contributed by atoms with Crippen molar-refractivity contribution < 1.29 is 9.53 Å². The summed E-state index contributed by atoms with van der Waals surface area (Å²) in [6.07, 6.45) is 4.69. The van der Waals surface area contributed by atoms with Gasteiger partial charge in [0.25, 0.3) is 0 Å². The van der Waals surface area contributed by atoms with Gasteiger partial charge in [-0.1, -0.05) is 12.1 Å². The van der Waals surface area contributed by atoms with Gasteiger partial charge in [-0.2, -0.15) is 0 Å². The highest BCUT2D eigenvalue weighted by atomic mass is 16.5. The van der Waals surface area contributed by atoms with E-state index in [1.54, 1.807) is 0 Å². The maximum absolute atomic E-state index is 12.2. The van der Waals surface area contributed by atoms with Gasteiger partial charge in [-0.3, -0.25) is 4.79 Å². The zero-order valence-corrected chi connectivity index (χ0v) is 12.7. The van der Waals surface area contributed by atoms with E-state index in [-0.39, 0.29) is 5.41 Å². The molecule has 112 valence electrons. The van der Waals surface area contributed by atoms with Crippen molar-refractivity contribution in [2.75, 3.05) is 13.2 Å². The van der Waals surface area contributed by atoms with E-state index in [9.17, 15) is 4.79 Å². The van der Waals surface area contributed by atoms with Gasteiger partial charge >= 0.3 is 0 Å². The van der Waals surface area contributed by atoms with Crippen molar-refractivity contribution in [2.45, 2.75) is 50.5 Å². The summed E-state index contributed by atoms with van der Waals surface area (Å²) in [7, 11) is 0. The van der Waals surface area contributed by atoms with Crippen molar-refractivity contribution in [1.82, 2.24) is 5.32 Å². The number of hydrogen-bond acceptors (Lipinski definition) is 3. The molecule has 1 saturated carbocycles. The molecule has 2 bridgehead atoms. The first-order chi connectivity index (χ1) is 10.2. The topological polar surface area (TPSA) is 38.3 Å². The number of carbonyl (C=O) groups excluding carboxylic acids is 1. The molecule has 0 spiro atoms. The fourth-order valence-corrected chi connectivity index (χ4v) is 5.04. The molecule has 0 unspecified atom stereocenters. The Hall–Kier alpha value is -1.35. The third kappa shape index (κ3) is 1.87. The zero-order valence-electron chi connectivity index (χ0n) is 12.7. The van der Waals surface area contributed by atoms with Gasteiger partial charge in [0.1, 0.15) is 11.5 Å². The first kappa shape index (κ1) is 13.3. The number of rotatable bonds is 2. The van der Waals surface area contributed by atoms with Crippen LogP contribution in [0.2, 0.25) is 0 Å². The molecule has 3 aliphatic rings. The molecule has 1 heterocycles. The van der Waals surface area contributed by atoms with Crippen LogP contribution in [-0.2, 0) is 16.6 Å². The normalized spacial score (nSPS) is 34.0. The Morgan fingerprint density at radius 2 is 2.33 bits per heavy atom. The highest BCUT2D eigenvalue weighted by Crippen LogP contribution is 2.54. The second-order valence-electron chi connectivity index (χ2n) is 6.75. The molecule has 1 aromatic carbocycles. The van der Waals surface area contributed by atoms with Gasteiger partial charge in [0.15, 0.2) is 0 Å². The minimum absolute atomic E-state index is 0.0753. The zero-order chi connectivity index (χ0) is 14.4. The molecular formula is C18H23NO2. The Morgan fingerprint density at radius 3 is 3.19 bits per heavy atom. The minimum Gasteiger partial charge on any atom is -0.494 e. The lowest BCUT2D eigenvalue weighted by molar-refractivity contribution is -0.125. The summed E-state index contributed by atoms with van der Waals surface area (Å²) < 4.78 is 5.86. The van der Waals surface area contributed by atoms with Gasteiger partial charge in [-0.05, 0) is 55.8 Å². The molecule has 3 nitrogen and oxygen atoms in total. The Bertz CT molecular complexity index is 583. The quantitative estimate of drug-likeness (QED) is 0.907. The first-order valence-corrected chi connectivity index (χ1v) is 8.25. The number of benzene rings is 1. The van der Waals surface area contributed by atoms with E-state index in [4.69, 9.17) is 4.74 Å². The van der Waals surface area contributed by atoms with Crippen LogP contribution in [0.15, 0.2) is 18.2 Å². The molecule has 0 radical (unpaired) electrons. The minimum atomic E-state index is 0.0753. The first-order valence-electron chi connectivity index (χ1n) is 8.25. The maximum Gasteiger partial charge on any atom is 0.133 e. The average molecular weight is 285 g/mol. The van der Waals surface area contributed by atoms with Crippen LogP contribution in [0.4, 0.5) is 0 Å². The van der Waals surface area contributed by atoms with Crippen molar-refractivity contribution in [3.63, 3.8) is 0 Å². The summed E-state index contributed by atoms with van der Waals surface area (Å²) in [5.41, 5.74) is 2.83. The van der Waals surface area contributed by atoms with Crippen LogP contribution in [0, 0.1) is 5.92 Å². The number of hydrogen-bond donors (Lipinski definition) is 1. The summed E-state index contributed by atoms with van der Waals surface area (Å²) in [5, 5.41) is 3.70. The number of Topliss-reactive ketones (excluding diaryl/α,β-unsaturated/α-hetero) is 1. The van der Waals surface area contributed by atoms with Crippen LogP contribution in [0.25, 0.3) is 0 Å². The lowest BCUT2D eigenvalue weighted by Crippen LogP contribution is -2.60. The number of ketones is 1. The summed E-state index contributed by atoms with van der Waals surface area (Å²) in [5.74, 6) is 2.09. The third-order valence-corrected chi connectivity index (χ3v) is 5.81. The molecule has 3 atom stereocenters. The second-order valence-corrected chi connectivity index (χ2v) is 6.75. The van der Waals surface area contributed by atoms with Crippen molar-refractivity contribution in [3.8, 4) is 5.75 Å². The van der Waals surface area contributed by atoms with Crippen molar-refractivity contribution in [2.24, 2.45) is 5.92 Å². The summed E-state index contributed by atoms with van der Waals surface area (Å²) >= 11 is 0. The molecule has 1 saturated heterocycles. The van der Waals surface area contributed by atoms with Crippen LogP contribution in [0.5, 0.6) is 5.75 Å². The molecule has 0 aromatic heterocycles. The van der Waals surface area contributed by atoms with Crippen LogP contribution in [-0.4, -0.2) is 25.0 Å². The van der Waals surface area contributed by atoms with Gasteiger partial charge in [0.05, 0.1) is 6.61 Å². The molecule has 1 aliphatic heterocycles. The number of ether oxygens (including phenoxy) is 1. The largest absolute Gasteiger partial charge is 0.494 e.